The molecule has 0 aromatic rings. The monoisotopic (exact) mass is 162 g/mol. The molecule has 11 heavy (non-hydrogen) atoms. The van der Waals surface area contributed by atoms with Crippen LogP contribution in [-0.2, 0) is 0 Å². The minimum Gasteiger partial charge on any atom is -0.378 e. The lowest BCUT2D eigenvalue weighted by molar-refractivity contribution is -0.197. The summed E-state index contributed by atoms with van der Waals surface area (Å²) in [7, 11) is 1.57. The summed E-state index contributed by atoms with van der Waals surface area (Å²) in [5.74, 6) is -0.302. The highest BCUT2D eigenvalue weighted by Crippen LogP contribution is 2.16. The van der Waals surface area contributed by atoms with Crippen LogP contribution in [0.4, 0.5) is 0 Å². The van der Waals surface area contributed by atoms with Gasteiger partial charge in [-0.1, -0.05) is 6.92 Å². The highest BCUT2D eigenvalue weighted by Gasteiger charge is 2.35. The van der Waals surface area contributed by atoms with Gasteiger partial charge < -0.3 is 15.3 Å². The molecular weight excluding hydrogens is 148 g/mol. The maximum atomic E-state index is 9.35. The first kappa shape index (κ1) is 8.89. The lowest BCUT2D eigenvalue weighted by Gasteiger charge is -2.41. The van der Waals surface area contributed by atoms with E-state index in [1.165, 1.54) is 4.90 Å². The topological polar surface area (TPSA) is 76.0 Å². The van der Waals surface area contributed by atoms with Crippen molar-refractivity contribution in [2.24, 2.45) is 5.92 Å². The van der Waals surface area contributed by atoms with Gasteiger partial charge in [-0.25, -0.2) is 4.90 Å². The summed E-state index contributed by atoms with van der Waals surface area (Å²) in [5, 5.41) is 30.1. The molecule has 1 rings (SSSR count). The Morgan fingerprint density at radius 3 is 2.36 bits per heavy atom. The Labute approximate surface area is 65.3 Å². The van der Waals surface area contributed by atoms with Crippen LogP contribution in [0.3, 0.4) is 0 Å². The van der Waals surface area contributed by atoms with Crippen LogP contribution >= 0.6 is 0 Å². The number of nitrogens with zero attached hydrogens (tertiary/aromatic N) is 1. The summed E-state index contributed by atoms with van der Waals surface area (Å²) in [5.41, 5.74) is 0. The largest absolute Gasteiger partial charge is 0.378 e. The maximum absolute atomic E-state index is 9.35. The molecule has 1 aliphatic rings. The molecule has 0 saturated carbocycles. The molecule has 1 fully saturated rings. The van der Waals surface area contributed by atoms with Crippen LogP contribution in [0.1, 0.15) is 6.92 Å². The summed E-state index contributed by atoms with van der Waals surface area (Å²) in [6.45, 7) is 1.70. The molecule has 4 N–H and O–H groups in total. The van der Waals surface area contributed by atoms with Crippen molar-refractivity contribution in [3.63, 3.8) is 0 Å². The van der Waals surface area contributed by atoms with Crippen LogP contribution in [0, 0.1) is 5.92 Å². The lowest BCUT2D eigenvalue weighted by Crippen LogP contribution is -2.62. The van der Waals surface area contributed by atoms with Gasteiger partial charge in [-0.3, -0.25) is 5.32 Å². The molecule has 0 amide bonds. The van der Waals surface area contributed by atoms with Gasteiger partial charge in [-0.05, 0) is 7.05 Å². The third-order valence-corrected chi connectivity index (χ3v) is 2.09. The van der Waals surface area contributed by atoms with Gasteiger partial charge >= 0.3 is 0 Å². The fourth-order valence-corrected chi connectivity index (χ4v) is 1.10. The first-order valence-corrected chi connectivity index (χ1v) is 3.56. The Balaban J connectivity index is 2.63. The Bertz CT molecular complexity index is 130. The quantitative estimate of drug-likeness (QED) is 0.334. The first-order valence-electron chi connectivity index (χ1n) is 3.56. The predicted molar refractivity (Wildman–Crippen MR) is 38.1 cm³/mol. The first-order chi connectivity index (χ1) is 5.04. The second kappa shape index (κ2) is 3.04. The number of hydrogen-bond acceptors (Lipinski definition) is 5. The summed E-state index contributed by atoms with van der Waals surface area (Å²) < 4.78 is 0. The Kier molecular flexibility index (Phi) is 2.46. The highest BCUT2D eigenvalue weighted by molar-refractivity contribution is 4.77. The SMILES string of the molecule is CC1C(O)NC(O)N(C)C1O. The van der Waals surface area contributed by atoms with Crippen LogP contribution in [0.25, 0.3) is 0 Å². The average molecular weight is 162 g/mol. The van der Waals surface area contributed by atoms with E-state index < -0.39 is 18.8 Å². The van der Waals surface area contributed by atoms with Gasteiger partial charge in [0.05, 0.1) is 0 Å². The zero-order chi connectivity index (χ0) is 8.59. The Morgan fingerprint density at radius 2 is 1.82 bits per heavy atom. The van der Waals surface area contributed by atoms with Gasteiger partial charge in [0.2, 0.25) is 0 Å². The number of hydrogen-bond donors (Lipinski definition) is 4. The van der Waals surface area contributed by atoms with Gasteiger partial charge in [-0.15, -0.1) is 0 Å². The molecule has 5 nitrogen and oxygen atoms in total. The molecule has 1 aliphatic heterocycles. The number of rotatable bonds is 0. The van der Waals surface area contributed by atoms with Crippen molar-refractivity contribution in [3.05, 3.63) is 0 Å². The standard InChI is InChI=1S/C6H14N2O3/c1-3-4(9)7-6(11)8(2)5(3)10/h3-7,9-11H,1-2H3. The van der Waals surface area contributed by atoms with Crippen LogP contribution in [0.15, 0.2) is 0 Å². The van der Waals surface area contributed by atoms with Gasteiger partial charge in [-0.2, -0.15) is 0 Å². The van der Waals surface area contributed by atoms with E-state index in [-0.39, 0.29) is 5.92 Å². The summed E-state index contributed by atoms with van der Waals surface area (Å²) in [6.07, 6.45) is -2.63. The van der Waals surface area contributed by atoms with Gasteiger partial charge in [0.15, 0.2) is 6.35 Å². The molecule has 0 aromatic carbocycles. The van der Waals surface area contributed by atoms with Crippen molar-refractivity contribution in [1.29, 1.82) is 0 Å². The molecule has 5 heteroatoms. The van der Waals surface area contributed by atoms with E-state index in [4.69, 9.17) is 5.11 Å². The van der Waals surface area contributed by atoms with Gasteiger partial charge in [0, 0.05) is 5.92 Å². The van der Waals surface area contributed by atoms with E-state index in [2.05, 4.69) is 5.32 Å². The van der Waals surface area contributed by atoms with Crippen molar-refractivity contribution in [2.75, 3.05) is 7.05 Å². The normalized spacial score (nSPS) is 47.7. The molecular formula is C6H14N2O3. The van der Waals surface area contributed by atoms with E-state index >= 15 is 0 Å². The molecule has 4 atom stereocenters. The number of aliphatic hydroxyl groups is 3. The van der Waals surface area contributed by atoms with Crippen molar-refractivity contribution in [1.82, 2.24) is 10.2 Å². The lowest BCUT2D eigenvalue weighted by atomic mass is 10.1. The minimum absolute atomic E-state index is 0.302. The van der Waals surface area contributed by atoms with Crippen LogP contribution < -0.4 is 5.32 Å². The van der Waals surface area contributed by atoms with E-state index in [1.807, 2.05) is 0 Å². The molecule has 0 radical (unpaired) electrons. The summed E-state index contributed by atoms with van der Waals surface area (Å²) in [6, 6.07) is 0. The van der Waals surface area contributed by atoms with E-state index in [9.17, 15) is 10.2 Å². The second-order valence-corrected chi connectivity index (χ2v) is 2.92. The molecule has 1 heterocycles. The smallest absolute Gasteiger partial charge is 0.166 e. The van der Waals surface area contributed by atoms with Gasteiger partial charge in [0.1, 0.15) is 12.5 Å². The van der Waals surface area contributed by atoms with E-state index in [0.29, 0.717) is 0 Å². The zero-order valence-electron chi connectivity index (χ0n) is 6.60. The van der Waals surface area contributed by atoms with Crippen molar-refractivity contribution < 1.29 is 15.3 Å². The van der Waals surface area contributed by atoms with Crippen LogP contribution in [-0.4, -0.2) is 46.1 Å². The predicted octanol–water partition coefficient (Wildman–Crippen LogP) is -1.93. The molecule has 4 unspecified atom stereocenters. The molecule has 0 spiro atoms. The number of nitrogens with one attached hydrogen (secondary N) is 1. The minimum atomic E-state index is -0.976. The molecule has 1 saturated heterocycles. The van der Waals surface area contributed by atoms with E-state index in [0.717, 1.165) is 0 Å². The zero-order valence-corrected chi connectivity index (χ0v) is 6.60. The number of aliphatic hydroxyl groups excluding tert-OH is 3. The highest BCUT2D eigenvalue weighted by atomic mass is 16.4. The molecule has 0 aromatic heterocycles. The van der Waals surface area contributed by atoms with Crippen molar-refractivity contribution in [3.8, 4) is 0 Å². The van der Waals surface area contributed by atoms with Gasteiger partial charge in [0.25, 0.3) is 0 Å². The summed E-state index contributed by atoms with van der Waals surface area (Å²) in [4.78, 5) is 1.34. The van der Waals surface area contributed by atoms with E-state index in [1.54, 1.807) is 14.0 Å². The second-order valence-electron chi connectivity index (χ2n) is 2.92. The Hall–Kier alpha value is -0.200. The third-order valence-electron chi connectivity index (χ3n) is 2.09. The van der Waals surface area contributed by atoms with Crippen molar-refractivity contribution in [2.45, 2.75) is 25.7 Å². The third kappa shape index (κ3) is 1.52. The average Bonchev–Trinajstić information content (AvgIpc) is 1.97. The molecule has 0 aliphatic carbocycles. The fourth-order valence-electron chi connectivity index (χ4n) is 1.10. The molecule has 0 bridgehead atoms. The Morgan fingerprint density at radius 1 is 1.27 bits per heavy atom. The van der Waals surface area contributed by atoms with Crippen molar-refractivity contribution >= 4 is 0 Å². The van der Waals surface area contributed by atoms with Crippen LogP contribution in [0.2, 0.25) is 0 Å². The molecule has 66 valence electrons. The summed E-state index contributed by atoms with van der Waals surface area (Å²) >= 11 is 0. The fraction of sp³-hybridized carbons (Fsp3) is 1.00. The van der Waals surface area contributed by atoms with Crippen LogP contribution in [0.5, 0.6) is 0 Å². The maximum Gasteiger partial charge on any atom is 0.166 e.